The molecule has 0 aliphatic heterocycles. The lowest BCUT2D eigenvalue weighted by atomic mass is 10.1. The van der Waals surface area contributed by atoms with E-state index in [1.54, 1.807) is 6.08 Å². The highest BCUT2D eigenvalue weighted by atomic mass is 31.2. The summed E-state index contributed by atoms with van der Waals surface area (Å²) in [5.41, 5.74) is 0.952. The van der Waals surface area contributed by atoms with Gasteiger partial charge in [0, 0.05) is 10.6 Å². The summed E-state index contributed by atoms with van der Waals surface area (Å²) in [4.78, 5) is 11.3. The molecule has 0 N–H and O–H groups in total. The van der Waals surface area contributed by atoms with Crippen LogP contribution in [-0.2, 0) is 9.36 Å². The molecule has 3 heteroatoms. The zero-order chi connectivity index (χ0) is 18.1. The molecule has 2 aromatic carbocycles. The summed E-state index contributed by atoms with van der Waals surface area (Å²) in [6.45, 7) is 3.65. The van der Waals surface area contributed by atoms with Gasteiger partial charge in [-0.05, 0) is 37.2 Å². The highest BCUT2D eigenvalue weighted by Gasteiger charge is 2.24. The van der Waals surface area contributed by atoms with Crippen molar-refractivity contribution in [3.63, 3.8) is 0 Å². The summed E-state index contributed by atoms with van der Waals surface area (Å²) in [5, 5.41) is 1.62. The van der Waals surface area contributed by atoms with E-state index in [1.807, 2.05) is 72.6 Å². The van der Waals surface area contributed by atoms with Crippen LogP contribution in [0.25, 0.3) is 0 Å². The van der Waals surface area contributed by atoms with E-state index >= 15 is 0 Å². The Morgan fingerprint density at radius 2 is 1.44 bits per heavy atom. The largest absolute Gasteiger partial charge is 0.309 e. The van der Waals surface area contributed by atoms with Crippen molar-refractivity contribution in [2.24, 2.45) is 0 Å². The van der Waals surface area contributed by atoms with Crippen molar-refractivity contribution in [2.75, 3.05) is 0 Å². The van der Waals surface area contributed by atoms with E-state index in [0.717, 1.165) is 35.4 Å². The van der Waals surface area contributed by atoms with E-state index in [-0.39, 0.29) is 5.78 Å². The fourth-order valence-electron chi connectivity index (χ4n) is 2.63. The lowest BCUT2D eigenvalue weighted by Gasteiger charge is -2.17. The van der Waals surface area contributed by atoms with Gasteiger partial charge in [0.1, 0.15) is 0 Å². The zero-order valence-electron chi connectivity index (χ0n) is 14.9. The van der Waals surface area contributed by atoms with E-state index in [1.165, 1.54) is 6.92 Å². The van der Waals surface area contributed by atoms with Crippen molar-refractivity contribution in [3.8, 4) is 0 Å². The Kier molecular flexibility index (Phi) is 7.16. The first-order valence-electron chi connectivity index (χ1n) is 8.67. The van der Waals surface area contributed by atoms with Crippen LogP contribution in [0.15, 0.2) is 84.2 Å². The van der Waals surface area contributed by atoms with Crippen LogP contribution in [0.2, 0.25) is 0 Å². The van der Waals surface area contributed by atoms with Crippen LogP contribution in [0.5, 0.6) is 0 Å². The standard InChI is InChI=1S/C22H25O2P/c1-3-4-11-20(17-16-19(2)23)18-25(24,21-12-7-5-8-13-21)22-14-9-6-10-15-22/h5-10,12-18H,3-4,11H2,1-2H3/b17-16+,20-18-. The lowest BCUT2D eigenvalue weighted by molar-refractivity contribution is -0.112. The molecule has 0 aliphatic carbocycles. The Balaban J connectivity index is 2.57. The van der Waals surface area contributed by atoms with Gasteiger partial charge in [0.05, 0.1) is 0 Å². The van der Waals surface area contributed by atoms with Gasteiger partial charge in [-0.1, -0.05) is 80.1 Å². The summed E-state index contributed by atoms with van der Waals surface area (Å²) in [6.07, 6.45) is 6.23. The maximum Gasteiger partial charge on any atom is 0.164 e. The van der Waals surface area contributed by atoms with Crippen molar-refractivity contribution in [2.45, 2.75) is 33.1 Å². The molecule has 0 aromatic heterocycles. The van der Waals surface area contributed by atoms with Gasteiger partial charge in [0.15, 0.2) is 12.9 Å². The minimum Gasteiger partial charge on any atom is -0.309 e. The zero-order valence-corrected chi connectivity index (χ0v) is 15.8. The van der Waals surface area contributed by atoms with Crippen molar-refractivity contribution < 1.29 is 9.36 Å². The predicted octanol–water partition coefficient (Wildman–Crippen LogP) is 5.22. The quantitative estimate of drug-likeness (QED) is 0.371. The van der Waals surface area contributed by atoms with Crippen LogP contribution in [0.4, 0.5) is 0 Å². The van der Waals surface area contributed by atoms with Crippen LogP contribution in [0.1, 0.15) is 33.1 Å². The number of rotatable bonds is 8. The van der Waals surface area contributed by atoms with Crippen LogP contribution in [0.3, 0.4) is 0 Å². The third-order valence-corrected chi connectivity index (χ3v) is 6.80. The van der Waals surface area contributed by atoms with Gasteiger partial charge >= 0.3 is 0 Å². The molecule has 0 radical (unpaired) electrons. The number of benzene rings is 2. The molecular weight excluding hydrogens is 327 g/mol. The van der Waals surface area contributed by atoms with Crippen molar-refractivity contribution in [1.29, 1.82) is 0 Å². The predicted molar refractivity (Wildman–Crippen MR) is 107 cm³/mol. The molecule has 0 fully saturated rings. The molecule has 0 unspecified atom stereocenters. The summed E-state index contributed by atoms with van der Waals surface area (Å²) in [5.74, 6) is 1.88. The lowest BCUT2D eigenvalue weighted by Crippen LogP contribution is -2.14. The Hall–Kier alpha value is -2.18. The van der Waals surface area contributed by atoms with Crippen molar-refractivity contribution >= 4 is 23.5 Å². The molecular formula is C22H25O2P. The summed E-state index contributed by atoms with van der Waals surface area (Å²) >= 11 is 0. The van der Waals surface area contributed by atoms with Crippen LogP contribution in [-0.4, -0.2) is 5.78 Å². The Bertz CT molecular complexity index is 746. The van der Waals surface area contributed by atoms with Crippen LogP contribution >= 0.6 is 7.14 Å². The molecule has 2 rings (SSSR count). The van der Waals surface area contributed by atoms with Crippen LogP contribution in [0, 0.1) is 0 Å². The summed E-state index contributed by atoms with van der Waals surface area (Å²) in [6, 6.07) is 19.2. The second kappa shape index (κ2) is 9.34. The molecule has 25 heavy (non-hydrogen) atoms. The number of carbonyl (C=O) groups excluding carboxylic acids is 1. The van der Waals surface area contributed by atoms with E-state index < -0.39 is 7.14 Å². The van der Waals surface area contributed by atoms with E-state index in [4.69, 9.17) is 0 Å². The van der Waals surface area contributed by atoms with E-state index in [0.29, 0.717) is 0 Å². The van der Waals surface area contributed by atoms with E-state index in [2.05, 4.69) is 6.92 Å². The first-order chi connectivity index (χ1) is 12.1. The average Bonchev–Trinajstić information content (AvgIpc) is 2.65. The number of hydrogen-bond acceptors (Lipinski definition) is 2. The molecule has 0 heterocycles. The number of carbonyl (C=O) groups is 1. The topological polar surface area (TPSA) is 34.1 Å². The SMILES string of the molecule is CCCCC(=C/P(=O)(c1ccccc1)c1ccccc1)/C=C/C(C)=O. The molecule has 2 aromatic rings. The third-order valence-electron chi connectivity index (χ3n) is 3.98. The molecule has 0 saturated heterocycles. The van der Waals surface area contributed by atoms with Gasteiger partial charge in [0.2, 0.25) is 0 Å². The molecule has 0 saturated carbocycles. The maximum atomic E-state index is 14.0. The van der Waals surface area contributed by atoms with E-state index in [9.17, 15) is 9.36 Å². The Labute approximate surface area is 150 Å². The Morgan fingerprint density at radius 1 is 0.920 bits per heavy atom. The monoisotopic (exact) mass is 352 g/mol. The van der Waals surface area contributed by atoms with Gasteiger partial charge in [-0.2, -0.15) is 0 Å². The van der Waals surface area contributed by atoms with Gasteiger partial charge in [-0.3, -0.25) is 4.79 Å². The molecule has 0 bridgehead atoms. The molecule has 2 nitrogen and oxygen atoms in total. The molecule has 130 valence electrons. The highest BCUT2D eigenvalue weighted by Crippen LogP contribution is 2.46. The van der Waals surface area contributed by atoms with Gasteiger partial charge in [-0.25, -0.2) is 0 Å². The number of unbranched alkanes of at least 4 members (excludes halogenated alkanes) is 1. The second-order valence-electron chi connectivity index (χ2n) is 6.08. The summed E-state index contributed by atoms with van der Waals surface area (Å²) < 4.78 is 14.0. The number of allylic oxidation sites excluding steroid dienone is 3. The minimum absolute atomic E-state index is 0.00310. The summed E-state index contributed by atoms with van der Waals surface area (Å²) in [7, 11) is -2.90. The first kappa shape index (κ1) is 19.1. The smallest absolute Gasteiger partial charge is 0.164 e. The fraction of sp³-hybridized carbons (Fsp3) is 0.227. The number of hydrogen-bond donors (Lipinski definition) is 0. The molecule has 0 atom stereocenters. The minimum atomic E-state index is -2.90. The van der Waals surface area contributed by atoms with Crippen LogP contribution < -0.4 is 10.6 Å². The van der Waals surface area contributed by atoms with Gasteiger partial charge in [-0.15, -0.1) is 0 Å². The molecule has 0 amide bonds. The molecule has 0 aliphatic rings. The highest BCUT2D eigenvalue weighted by molar-refractivity contribution is 7.81. The Morgan fingerprint density at radius 3 is 1.88 bits per heavy atom. The molecule has 0 spiro atoms. The first-order valence-corrected chi connectivity index (χ1v) is 10.4. The van der Waals surface area contributed by atoms with Gasteiger partial charge in [0.25, 0.3) is 0 Å². The number of ketones is 1. The fourth-order valence-corrected chi connectivity index (χ4v) is 5.14. The maximum absolute atomic E-state index is 14.0. The third kappa shape index (κ3) is 5.41. The average molecular weight is 352 g/mol. The van der Waals surface area contributed by atoms with Crippen molar-refractivity contribution in [1.82, 2.24) is 0 Å². The van der Waals surface area contributed by atoms with Crippen molar-refractivity contribution in [3.05, 3.63) is 84.2 Å². The second-order valence-corrected chi connectivity index (χ2v) is 8.69. The normalized spacial score (nSPS) is 12.5. The van der Waals surface area contributed by atoms with Gasteiger partial charge < -0.3 is 4.57 Å².